The number of benzene rings is 2. The van der Waals surface area contributed by atoms with E-state index in [9.17, 15) is 13.2 Å². The number of hydrogen-bond acceptors (Lipinski definition) is 4. The fourth-order valence-corrected chi connectivity index (χ4v) is 2.94. The van der Waals surface area contributed by atoms with Gasteiger partial charge >= 0.3 is 6.18 Å². The minimum absolute atomic E-state index is 0.266. The lowest BCUT2D eigenvalue weighted by Crippen LogP contribution is -2.39. The van der Waals surface area contributed by atoms with Crippen LogP contribution in [0.2, 0.25) is 0 Å². The predicted molar refractivity (Wildman–Crippen MR) is 135 cm³/mol. The van der Waals surface area contributed by atoms with Crippen LogP contribution in [-0.4, -0.2) is 40.9 Å². The fourth-order valence-electron chi connectivity index (χ4n) is 2.64. The highest BCUT2D eigenvalue weighted by Crippen LogP contribution is 2.13. The number of aryl methyl sites for hydroxylation is 1. The standard InChI is InChI=1S/C22H25F3N6S2/c1-3-15-10-12-17(13-11-15)19(29-30-20(32)26-4-2)18(16-8-6-5-7-9-16)28-31-21(33)27-14-22(23,24)25/h5-13H,3-4,14H2,1-2H3,(H2,26,30,32)(H2,27,31,33). The maximum Gasteiger partial charge on any atom is 0.405 e. The van der Waals surface area contributed by atoms with Crippen molar-refractivity contribution in [2.75, 3.05) is 13.1 Å². The van der Waals surface area contributed by atoms with Crippen molar-refractivity contribution >= 4 is 46.1 Å². The Kier molecular flexibility index (Phi) is 10.2. The molecule has 0 radical (unpaired) electrons. The number of hydrazone groups is 2. The fraction of sp³-hybridized carbons (Fsp3) is 0.273. The molecule has 4 N–H and O–H groups in total. The number of halogens is 3. The second-order valence-corrected chi connectivity index (χ2v) is 7.53. The lowest BCUT2D eigenvalue weighted by atomic mass is 9.98. The van der Waals surface area contributed by atoms with Crippen LogP contribution in [0.5, 0.6) is 0 Å². The van der Waals surface area contributed by atoms with Crippen LogP contribution >= 0.6 is 24.4 Å². The Labute approximate surface area is 201 Å². The zero-order valence-corrected chi connectivity index (χ0v) is 19.8. The quantitative estimate of drug-likeness (QED) is 0.254. The van der Waals surface area contributed by atoms with Gasteiger partial charge < -0.3 is 10.6 Å². The number of thiocarbonyl (C=S) groups is 2. The Morgan fingerprint density at radius 1 is 0.788 bits per heavy atom. The molecule has 176 valence electrons. The van der Waals surface area contributed by atoms with E-state index in [-0.39, 0.29) is 5.11 Å². The van der Waals surface area contributed by atoms with Crippen LogP contribution < -0.4 is 21.5 Å². The van der Waals surface area contributed by atoms with Crippen molar-refractivity contribution in [1.82, 2.24) is 21.5 Å². The number of rotatable bonds is 8. The molecule has 0 heterocycles. The van der Waals surface area contributed by atoms with Crippen LogP contribution in [-0.2, 0) is 6.42 Å². The highest BCUT2D eigenvalue weighted by Gasteiger charge is 2.27. The smallest absolute Gasteiger partial charge is 0.362 e. The molecule has 0 saturated carbocycles. The van der Waals surface area contributed by atoms with Crippen molar-refractivity contribution in [3.05, 3.63) is 71.3 Å². The molecule has 2 aromatic carbocycles. The van der Waals surface area contributed by atoms with Crippen molar-refractivity contribution < 1.29 is 13.2 Å². The van der Waals surface area contributed by atoms with Crippen LogP contribution in [0.3, 0.4) is 0 Å². The van der Waals surface area contributed by atoms with E-state index in [1.165, 1.54) is 0 Å². The molecule has 0 atom stereocenters. The molecule has 0 aliphatic rings. The van der Waals surface area contributed by atoms with Gasteiger partial charge in [0, 0.05) is 17.7 Å². The monoisotopic (exact) mass is 494 g/mol. The Morgan fingerprint density at radius 3 is 1.79 bits per heavy atom. The maximum atomic E-state index is 12.5. The Hall–Kier alpha value is -3.05. The summed E-state index contributed by atoms with van der Waals surface area (Å²) in [5.41, 5.74) is 8.63. The van der Waals surface area contributed by atoms with Gasteiger partial charge in [0.15, 0.2) is 10.2 Å². The van der Waals surface area contributed by atoms with Crippen molar-refractivity contribution in [3.8, 4) is 0 Å². The molecule has 33 heavy (non-hydrogen) atoms. The van der Waals surface area contributed by atoms with E-state index in [1.807, 2.05) is 61.5 Å². The molecule has 11 heteroatoms. The minimum Gasteiger partial charge on any atom is -0.362 e. The molecule has 0 bridgehead atoms. The van der Waals surface area contributed by atoms with Gasteiger partial charge in [-0.05, 0) is 43.3 Å². The van der Waals surface area contributed by atoms with Gasteiger partial charge in [0.2, 0.25) is 0 Å². The van der Waals surface area contributed by atoms with Gasteiger partial charge in [-0.25, -0.2) is 0 Å². The summed E-state index contributed by atoms with van der Waals surface area (Å²) in [6, 6.07) is 16.8. The summed E-state index contributed by atoms with van der Waals surface area (Å²) >= 11 is 10.2. The van der Waals surface area contributed by atoms with E-state index in [0.29, 0.717) is 28.6 Å². The molecule has 0 aliphatic carbocycles. The van der Waals surface area contributed by atoms with Gasteiger partial charge in [-0.3, -0.25) is 10.9 Å². The normalized spacial score (nSPS) is 12.2. The molecule has 0 aromatic heterocycles. The first kappa shape index (κ1) is 26.2. The SMILES string of the molecule is CCNC(=S)NN=C(C(=NNC(=S)NCC(F)(F)F)c1ccccc1)c1ccc(CC)cc1. The predicted octanol–water partition coefficient (Wildman–Crippen LogP) is 3.87. The van der Waals surface area contributed by atoms with E-state index >= 15 is 0 Å². The highest BCUT2D eigenvalue weighted by atomic mass is 32.1. The van der Waals surface area contributed by atoms with Gasteiger partial charge in [-0.2, -0.15) is 23.4 Å². The largest absolute Gasteiger partial charge is 0.405 e. The van der Waals surface area contributed by atoms with E-state index in [1.54, 1.807) is 0 Å². The van der Waals surface area contributed by atoms with E-state index in [0.717, 1.165) is 17.5 Å². The lowest BCUT2D eigenvalue weighted by molar-refractivity contribution is -0.122. The van der Waals surface area contributed by atoms with Gasteiger partial charge in [0.05, 0.1) is 0 Å². The molecule has 0 fully saturated rings. The summed E-state index contributed by atoms with van der Waals surface area (Å²) in [5.74, 6) is 0. The zero-order chi connectivity index (χ0) is 24.3. The summed E-state index contributed by atoms with van der Waals surface area (Å²) in [4.78, 5) is 0. The van der Waals surface area contributed by atoms with E-state index in [4.69, 9.17) is 24.4 Å². The molecule has 6 nitrogen and oxygen atoms in total. The molecular weight excluding hydrogens is 469 g/mol. The second kappa shape index (κ2) is 12.9. The first-order valence-electron chi connectivity index (χ1n) is 10.2. The zero-order valence-electron chi connectivity index (χ0n) is 18.2. The number of hydrogen-bond donors (Lipinski definition) is 4. The van der Waals surface area contributed by atoms with Gasteiger partial charge in [-0.1, -0.05) is 61.5 Å². The lowest BCUT2D eigenvalue weighted by Gasteiger charge is -2.14. The summed E-state index contributed by atoms with van der Waals surface area (Å²) < 4.78 is 37.5. The third kappa shape index (κ3) is 9.15. The summed E-state index contributed by atoms with van der Waals surface area (Å²) in [6.07, 6.45) is -3.53. The number of nitrogens with zero attached hydrogens (tertiary/aromatic N) is 2. The average Bonchev–Trinajstić information content (AvgIpc) is 2.80. The Balaban J connectivity index is 2.46. The second-order valence-electron chi connectivity index (χ2n) is 6.72. The van der Waals surface area contributed by atoms with Crippen molar-refractivity contribution in [3.63, 3.8) is 0 Å². The molecule has 2 rings (SSSR count). The molecular formula is C22H25F3N6S2. The minimum atomic E-state index is -4.41. The van der Waals surface area contributed by atoms with Crippen LogP contribution in [0.15, 0.2) is 64.8 Å². The van der Waals surface area contributed by atoms with Crippen molar-refractivity contribution in [2.24, 2.45) is 10.2 Å². The molecule has 0 spiro atoms. The van der Waals surface area contributed by atoms with Crippen LogP contribution in [0.1, 0.15) is 30.5 Å². The third-order valence-electron chi connectivity index (χ3n) is 4.23. The number of nitrogens with one attached hydrogen (secondary N) is 4. The summed E-state index contributed by atoms with van der Waals surface area (Å²) in [7, 11) is 0. The first-order chi connectivity index (χ1) is 15.7. The topological polar surface area (TPSA) is 72.8 Å². The van der Waals surface area contributed by atoms with Crippen LogP contribution in [0.4, 0.5) is 13.2 Å². The Morgan fingerprint density at radius 2 is 1.30 bits per heavy atom. The van der Waals surface area contributed by atoms with E-state index < -0.39 is 12.7 Å². The molecule has 2 aromatic rings. The van der Waals surface area contributed by atoms with E-state index in [2.05, 4.69) is 38.6 Å². The molecule has 0 aliphatic heterocycles. The number of alkyl halides is 3. The molecule has 0 amide bonds. The maximum absolute atomic E-state index is 12.5. The third-order valence-corrected chi connectivity index (χ3v) is 4.70. The Bertz CT molecular complexity index is 989. The van der Waals surface area contributed by atoms with Crippen LogP contribution in [0, 0.1) is 0 Å². The van der Waals surface area contributed by atoms with Crippen molar-refractivity contribution in [2.45, 2.75) is 26.4 Å². The average molecular weight is 495 g/mol. The molecule has 0 unspecified atom stereocenters. The van der Waals surface area contributed by atoms with Crippen molar-refractivity contribution in [1.29, 1.82) is 0 Å². The van der Waals surface area contributed by atoms with Crippen LogP contribution in [0.25, 0.3) is 0 Å². The summed E-state index contributed by atoms with van der Waals surface area (Å²) in [5, 5.41) is 13.9. The highest BCUT2D eigenvalue weighted by molar-refractivity contribution is 7.80. The first-order valence-corrected chi connectivity index (χ1v) is 11.0. The summed E-state index contributed by atoms with van der Waals surface area (Å²) in [6.45, 7) is 3.29. The van der Waals surface area contributed by atoms with Gasteiger partial charge in [0.1, 0.15) is 18.0 Å². The van der Waals surface area contributed by atoms with Gasteiger partial charge in [-0.15, -0.1) is 0 Å². The molecule has 0 saturated heterocycles. The van der Waals surface area contributed by atoms with Gasteiger partial charge in [0.25, 0.3) is 0 Å².